The monoisotopic (exact) mass is 509 g/mol. The van der Waals surface area contributed by atoms with Gasteiger partial charge >= 0.3 is 0 Å². The third-order valence-corrected chi connectivity index (χ3v) is 10.3. The zero-order chi connectivity index (χ0) is 25.9. The van der Waals surface area contributed by atoms with E-state index in [1.807, 2.05) is 0 Å². The van der Waals surface area contributed by atoms with Crippen molar-refractivity contribution in [1.82, 2.24) is 4.67 Å². The number of fused-ring (bicyclic) bond motifs is 2. The largest absolute Gasteiger partial charge is 0.261 e. The SMILES string of the molecule is C[C@@H](c1ccc2ccccc2c1)N([C@@H](C)c1ccc2ccccc2c1)P(c1ccccc1)c1ccccc1. The molecule has 0 aliphatic rings. The molecule has 2 heteroatoms. The van der Waals surface area contributed by atoms with E-state index >= 15 is 0 Å². The van der Waals surface area contributed by atoms with Crippen LogP contribution in [-0.4, -0.2) is 4.67 Å². The van der Waals surface area contributed by atoms with E-state index in [1.165, 1.54) is 43.3 Å². The van der Waals surface area contributed by atoms with Gasteiger partial charge in [0.2, 0.25) is 0 Å². The minimum atomic E-state index is -0.793. The Kier molecular flexibility index (Phi) is 7.06. The summed E-state index contributed by atoms with van der Waals surface area (Å²) in [6, 6.07) is 53.8. The third-order valence-electron chi connectivity index (χ3n) is 7.54. The molecule has 6 aromatic rings. The van der Waals surface area contributed by atoms with Crippen molar-refractivity contribution in [2.24, 2.45) is 0 Å². The molecule has 0 aliphatic carbocycles. The van der Waals surface area contributed by atoms with Gasteiger partial charge in [-0.25, -0.2) is 0 Å². The van der Waals surface area contributed by atoms with Crippen LogP contribution in [0.2, 0.25) is 0 Å². The summed E-state index contributed by atoms with van der Waals surface area (Å²) in [5.74, 6) is 0. The van der Waals surface area contributed by atoms with Crippen molar-refractivity contribution in [3.63, 3.8) is 0 Å². The predicted molar refractivity (Wildman–Crippen MR) is 166 cm³/mol. The highest BCUT2D eigenvalue weighted by atomic mass is 31.1. The van der Waals surface area contributed by atoms with Gasteiger partial charge in [-0.3, -0.25) is 4.67 Å². The molecular formula is C36H32NP. The van der Waals surface area contributed by atoms with Gasteiger partial charge in [-0.1, -0.05) is 133 Å². The first kappa shape index (κ1) is 24.6. The summed E-state index contributed by atoms with van der Waals surface area (Å²) in [6.07, 6.45) is 0. The lowest BCUT2D eigenvalue weighted by Gasteiger charge is -2.42. The van der Waals surface area contributed by atoms with E-state index in [2.05, 4.69) is 164 Å². The molecule has 0 fully saturated rings. The van der Waals surface area contributed by atoms with Gasteiger partial charge in [0.05, 0.1) is 0 Å². The Hall–Kier alpha value is -3.77. The van der Waals surface area contributed by atoms with Crippen molar-refractivity contribution in [3.05, 3.63) is 157 Å². The smallest absolute Gasteiger partial charge is 0.0369 e. The fourth-order valence-corrected chi connectivity index (χ4v) is 8.18. The lowest BCUT2D eigenvalue weighted by Crippen LogP contribution is -2.33. The lowest BCUT2D eigenvalue weighted by molar-refractivity contribution is 0.303. The van der Waals surface area contributed by atoms with Gasteiger partial charge in [0, 0.05) is 20.2 Å². The van der Waals surface area contributed by atoms with Crippen LogP contribution in [0.25, 0.3) is 21.5 Å². The lowest BCUT2D eigenvalue weighted by atomic mass is 9.99. The molecular weight excluding hydrogens is 477 g/mol. The minimum Gasteiger partial charge on any atom is -0.261 e. The molecule has 0 heterocycles. The van der Waals surface area contributed by atoms with Crippen LogP contribution in [0, 0.1) is 0 Å². The van der Waals surface area contributed by atoms with Crippen molar-refractivity contribution in [2.75, 3.05) is 0 Å². The number of rotatable bonds is 7. The van der Waals surface area contributed by atoms with Gasteiger partial charge in [-0.15, -0.1) is 0 Å². The molecule has 0 saturated heterocycles. The summed E-state index contributed by atoms with van der Waals surface area (Å²) in [6.45, 7) is 4.76. The molecule has 0 saturated carbocycles. The number of nitrogens with zero attached hydrogens (tertiary/aromatic N) is 1. The molecule has 0 amide bonds. The minimum absolute atomic E-state index is 0.201. The quantitative estimate of drug-likeness (QED) is 0.194. The standard InChI is InChI=1S/C36H32NP/c1-27(31-23-21-29-13-9-11-15-33(29)25-31)37(28(2)32-24-22-30-14-10-12-16-34(30)26-32)38(35-17-5-3-6-18-35)36-19-7-4-8-20-36/h3-28H,1-2H3/t27-,28-/m0/s1. The van der Waals surface area contributed by atoms with Crippen molar-refractivity contribution >= 4 is 40.2 Å². The highest BCUT2D eigenvalue weighted by Gasteiger charge is 2.32. The zero-order valence-electron chi connectivity index (χ0n) is 21.9. The molecule has 0 aliphatic heterocycles. The molecule has 0 aromatic heterocycles. The summed E-state index contributed by atoms with van der Waals surface area (Å²) in [5.41, 5.74) is 2.69. The predicted octanol–water partition coefficient (Wildman–Crippen LogP) is 9.17. The normalized spacial score (nSPS) is 13.3. The molecule has 38 heavy (non-hydrogen) atoms. The van der Waals surface area contributed by atoms with Gasteiger partial charge in [0.15, 0.2) is 0 Å². The summed E-state index contributed by atoms with van der Waals surface area (Å²) >= 11 is 0. The van der Waals surface area contributed by atoms with E-state index in [1.54, 1.807) is 0 Å². The first-order chi connectivity index (χ1) is 18.7. The van der Waals surface area contributed by atoms with E-state index < -0.39 is 8.07 Å². The van der Waals surface area contributed by atoms with E-state index in [0.717, 1.165) is 0 Å². The molecule has 1 nitrogen and oxygen atoms in total. The van der Waals surface area contributed by atoms with Gasteiger partial charge in [0.25, 0.3) is 0 Å². The van der Waals surface area contributed by atoms with Gasteiger partial charge in [-0.2, -0.15) is 0 Å². The van der Waals surface area contributed by atoms with Crippen molar-refractivity contribution in [1.29, 1.82) is 0 Å². The molecule has 2 atom stereocenters. The maximum absolute atomic E-state index is 2.76. The van der Waals surface area contributed by atoms with Crippen LogP contribution in [0.3, 0.4) is 0 Å². The molecule has 0 bridgehead atoms. The van der Waals surface area contributed by atoms with E-state index in [9.17, 15) is 0 Å². The average Bonchev–Trinajstić information content (AvgIpc) is 2.99. The Bertz CT molecular complexity index is 1540. The second-order valence-electron chi connectivity index (χ2n) is 9.93. The molecule has 0 radical (unpaired) electrons. The van der Waals surface area contributed by atoms with E-state index in [0.29, 0.717) is 0 Å². The van der Waals surface area contributed by atoms with Crippen molar-refractivity contribution < 1.29 is 0 Å². The molecule has 186 valence electrons. The van der Waals surface area contributed by atoms with Crippen molar-refractivity contribution in [3.8, 4) is 0 Å². The highest BCUT2D eigenvalue weighted by Crippen LogP contribution is 2.50. The average molecular weight is 510 g/mol. The van der Waals surface area contributed by atoms with Gasteiger partial charge in [0.1, 0.15) is 0 Å². The number of benzene rings is 6. The summed E-state index contributed by atoms with van der Waals surface area (Å²) < 4.78 is 2.76. The number of hydrogen-bond donors (Lipinski definition) is 0. The molecule has 0 spiro atoms. The summed E-state index contributed by atoms with van der Waals surface area (Å²) in [5, 5.41) is 7.89. The molecule has 6 rings (SSSR count). The second kappa shape index (κ2) is 10.9. The zero-order valence-corrected chi connectivity index (χ0v) is 22.8. The summed E-state index contributed by atoms with van der Waals surface area (Å²) in [4.78, 5) is 0. The van der Waals surface area contributed by atoms with Crippen molar-refractivity contribution in [2.45, 2.75) is 25.9 Å². The second-order valence-corrected chi connectivity index (χ2v) is 12.0. The van der Waals surface area contributed by atoms with Gasteiger partial charge < -0.3 is 0 Å². The van der Waals surface area contributed by atoms with Crippen LogP contribution in [0.5, 0.6) is 0 Å². The van der Waals surface area contributed by atoms with E-state index in [4.69, 9.17) is 0 Å². The van der Waals surface area contributed by atoms with E-state index in [-0.39, 0.29) is 12.1 Å². The Morgan fingerprint density at radius 3 is 1.21 bits per heavy atom. The maximum atomic E-state index is 2.76. The fraction of sp³-hybridized carbons (Fsp3) is 0.111. The Balaban J connectivity index is 1.52. The third kappa shape index (κ3) is 4.88. The Morgan fingerprint density at radius 1 is 0.421 bits per heavy atom. The maximum Gasteiger partial charge on any atom is 0.0369 e. The topological polar surface area (TPSA) is 3.24 Å². The first-order valence-electron chi connectivity index (χ1n) is 13.3. The van der Waals surface area contributed by atoms with Crippen LogP contribution >= 0.6 is 8.07 Å². The van der Waals surface area contributed by atoms with Crippen LogP contribution in [0.1, 0.15) is 37.1 Å². The molecule has 6 aromatic carbocycles. The fourth-order valence-electron chi connectivity index (χ4n) is 5.48. The van der Waals surface area contributed by atoms with Crippen LogP contribution in [0.15, 0.2) is 146 Å². The summed E-state index contributed by atoms with van der Waals surface area (Å²) in [7, 11) is -0.793. The first-order valence-corrected chi connectivity index (χ1v) is 14.6. The Morgan fingerprint density at radius 2 is 0.789 bits per heavy atom. The molecule has 0 unspecified atom stereocenters. The number of hydrogen-bond acceptors (Lipinski definition) is 1. The van der Waals surface area contributed by atoms with Crippen LogP contribution < -0.4 is 10.6 Å². The van der Waals surface area contributed by atoms with Crippen LogP contribution in [-0.2, 0) is 0 Å². The highest BCUT2D eigenvalue weighted by molar-refractivity contribution is 7.70. The van der Waals surface area contributed by atoms with Crippen LogP contribution in [0.4, 0.5) is 0 Å². The molecule has 0 N–H and O–H groups in total. The Labute approximate surface area is 227 Å². The van der Waals surface area contributed by atoms with Gasteiger partial charge in [-0.05, 0) is 69.3 Å².